The Kier molecular flexibility index (Phi) is 2.76. The van der Waals surface area contributed by atoms with Crippen LogP contribution in [0.4, 0.5) is 18.9 Å². The van der Waals surface area contributed by atoms with Gasteiger partial charge in [-0.15, -0.1) is 0 Å². The second-order valence-electron chi connectivity index (χ2n) is 3.96. The molecule has 7 heteroatoms. The lowest BCUT2D eigenvalue weighted by atomic mass is 10.0. The third kappa shape index (κ3) is 2.15. The van der Waals surface area contributed by atoms with Crippen LogP contribution in [0.2, 0.25) is 0 Å². The van der Waals surface area contributed by atoms with Gasteiger partial charge in [0.1, 0.15) is 0 Å². The summed E-state index contributed by atoms with van der Waals surface area (Å²) in [7, 11) is 0. The Morgan fingerprint density at radius 1 is 1.22 bits per heavy atom. The predicted molar refractivity (Wildman–Crippen MR) is 58.6 cm³/mol. The van der Waals surface area contributed by atoms with Crippen molar-refractivity contribution in [1.29, 1.82) is 0 Å². The van der Waals surface area contributed by atoms with Gasteiger partial charge in [-0.25, -0.2) is 0 Å². The number of rotatable bonds is 1. The van der Waals surface area contributed by atoms with Crippen molar-refractivity contribution in [2.24, 2.45) is 0 Å². The van der Waals surface area contributed by atoms with E-state index in [2.05, 4.69) is 14.7 Å². The highest BCUT2D eigenvalue weighted by Gasteiger charge is 2.37. The van der Waals surface area contributed by atoms with Crippen LogP contribution in [-0.4, -0.2) is 10.1 Å². The Morgan fingerprint density at radius 3 is 2.44 bits per heavy atom. The highest BCUT2D eigenvalue weighted by atomic mass is 19.4. The Hall–Kier alpha value is -2.05. The minimum atomic E-state index is -4.63. The van der Waals surface area contributed by atoms with Crippen LogP contribution in [0.15, 0.2) is 16.7 Å². The molecule has 2 aromatic rings. The first-order valence-electron chi connectivity index (χ1n) is 5.07. The Bertz CT molecular complexity index is 590. The molecular weight excluding hydrogens is 247 g/mol. The summed E-state index contributed by atoms with van der Waals surface area (Å²) in [6, 6.07) is 3.43. The summed E-state index contributed by atoms with van der Waals surface area (Å²) >= 11 is 0. The van der Waals surface area contributed by atoms with Crippen molar-refractivity contribution in [2.75, 3.05) is 5.73 Å². The summed E-state index contributed by atoms with van der Waals surface area (Å²) in [6.45, 7) is 3.56. The Balaban J connectivity index is 2.53. The topological polar surface area (TPSA) is 64.9 Å². The number of hydrogen-bond donors (Lipinski definition) is 1. The van der Waals surface area contributed by atoms with Gasteiger partial charge in [0.25, 0.3) is 11.7 Å². The molecule has 0 bridgehead atoms. The van der Waals surface area contributed by atoms with Crippen LogP contribution < -0.4 is 5.73 Å². The molecule has 0 aliphatic rings. The van der Waals surface area contributed by atoms with Gasteiger partial charge in [0, 0.05) is 5.69 Å². The zero-order valence-electron chi connectivity index (χ0n) is 9.67. The molecule has 0 aliphatic carbocycles. The van der Waals surface area contributed by atoms with Gasteiger partial charge in [-0.3, -0.25) is 0 Å². The van der Waals surface area contributed by atoms with E-state index >= 15 is 0 Å². The lowest BCUT2D eigenvalue weighted by Crippen LogP contribution is -2.07. The van der Waals surface area contributed by atoms with Gasteiger partial charge >= 0.3 is 6.18 Å². The summed E-state index contributed by atoms with van der Waals surface area (Å²) in [6.07, 6.45) is -4.63. The number of hydrogen-bond acceptors (Lipinski definition) is 4. The molecule has 0 saturated carbocycles. The second kappa shape index (κ2) is 4.01. The lowest BCUT2D eigenvalue weighted by molar-refractivity contribution is -0.146. The molecule has 0 amide bonds. The quantitative estimate of drug-likeness (QED) is 0.797. The van der Waals surface area contributed by atoms with Gasteiger partial charge in [-0.1, -0.05) is 11.2 Å². The molecule has 18 heavy (non-hydrogen) atoms. The van der Waals surface area contributed by atoms with E-state index in [0.717, 1.165) is 11.1 Å². The van der Waals surface area contributed by atoms with E-state index in [-0.39, 0.29) is 5.89 Å². The number of anilines is 1. The van der Waals surface area contributed by atoms with Crippen LogP contribution >= 0.6 is 0 Å². The molecule has 4 nitrogen and oxygen atoms in total. The van der Waals surface area contributed by atoms with Crippen LogP contribution in [0.25, 0.3) is 11.5 Å². The van der Waals surface area contributed by atoms with Gasteiger partial charge in [-0.2, -0.15) is 18.2 Å². The summed E-state index contributed by atoms with van der Waals surface area (Å²) in [5.41, 5.74) is 8.04. The summed E-state index contributed by atoms with van der Waals surface area (Å²) in [5, 5.41) is 2.90. The molecule has 0 spiro atoms. The average Bonchev–Trinajstić information content (AvgIpc) is 2.71. The SMILES string of the molecule is Cc1cc(C)c(N)c(-c2nc(C(F)(F)F)no2)c1. The van der Waals surface area contributed by atoms with Crippen molar-refractivity contribution in [3.63, 3.8) is 0 Å². The molecule has 2 N–H and O–H groups in total. The molecule has 0 fully saturated rings. The average molecular weight is 257 g/mol. The van der Waals surface area contributed by atoms with Gasteiger partial charge in [-0.05, 0) is 31.0 Å². The number of alkyl halides is 3. The van der Waals surface area contributed by atoms with E-state index < -0.39 is 12.0 Å². The van der Waals surface area contributed by atoms with Crippen LogP contribution in [0.5, 0.6) is 0 Å². The van der Waals surface area contributed by atoms with Crippen LogP contribution in [-0.2, 0) is 6.18 Å². The molecular formula is C11H10F3N3O. The smallest absolute Gasteiger partial charge is 0.398 e. The molecule has 0 radical (unpaired) electrons. The molecule has 0 aliphatic heterocycles. The molecule has 1 aromatic heterocycles. The van der Waals surface area contributed by atoms with Crippen LogP contribution in [0.1, 0.15) is 17.0 Å². The molecule has 1 aromatic carbocycles. The molecule has 0 atom stereocenters. The maximum Gasteiger partial charge on any atom is 0.455 e. The van der Waals surface area contributed by atoms with Gasteiger partial charge in [0.05, 0.1) is 5.56 Å². The van der Waals surface area contributed by atoms with E-state index in [1.165, 1.54) is 0 Å². The highest BCUT2D eigenvalue weighted by Crippen LogP contribution is 2.32. The van der Waals surface area contributed by atoms with E-state index in [1.54, 1.807) is 19.9 Å². The number of benzene rings is 1. The minimum Gasteiger partial charge on any atom is -0.398 e. The van der Waals surface area contributed by atoms with E-state index in [0.29, 0.717) is 11.3 Å². The summed E-state index contributed by atoms with van der Waals surface area (Å²) in [4.78, 5) is 3.31. The fourth-order valence-corrected chi connectivity index (χ4v) is 1.60. The first-order chi connectivity index (χ1) is 8.29. The number of nitrogens with two attached hydrogens (primary N) is 1. The maximum absolute atomic E-state index is 12.4. The normalized spacial score (nSPS) is 11.8. The molecule has 0 saturated heterocycles. The van der Waals surface area contributed by atoms with Gasteiger partial charge in [0.2, 0.25) is 0 Å². The monoisotopic (exact) mass is 257 g/mol. The standard InChI is InChI=1S/C11H10F3N3O/c1-5-3-6(2)8(15)7(4-5)9-16-10(17-18-9)11(12,13)14/h3-4H,15H2,1-2H3. The van der Waals surface area contributed by atoms with E-state index in [9.17, 15) is 13.2 Å². The third-order valence-corrected chi connectivity index (χ3v) is 2.44. The van der Waals surface area contributed by atoms with Crippen molar-refractivity contribution >= 4 is 5.69 Å². The number of aromatic nitrogens is 2. The number of nitrogens with zero attached hydrogens (tertiary/aromatic N) is 2. The van der Waals surface area contributed by atoms with Crippen molar-refractivity contribution < 1.29 is 17.7 Å². The fourth-order valence-electron chi connectivity index (χ4n) is 1.60. The third-order valence-electron chi connectivity index (χ3n) is 2.44. The molecule has 96 valence electrons. The van der Waals surface area contributed by atoms with Crippen molar-refractivity contribution in [3.8, 4) is 11.5 Å². The van der Waals surface area contributed by atoms with Gasteiger partial charge in [0.15, 0.2) is 0 Å². The zero-order chi connectivity index (χ0) is 13.5. The largest absolute Gasteiger partial charge is 0.455 e. The minimum absolute atomic E-state index is 0.230. The predicted octanol–water partition coefficient (Wildman–Crippen LogP) is 2.95. The summed E-state index contributed by atoms with van der Waals surface area (Å²) < 4.78 is 41.7. The van der Waals surface area contributed by atoms with Crippen molar-refractivity contribution in [1.82, 2.24) is 10.1 Å². The second-order valence-corrected chi connectivity index (χ2v) is 3.96. The molecule has 0 unspecified atom stereocenters. The zero-order valence-corrected chi connectivity index (χ0v) is 9.67. The van der Waals surface area contributed by atoms with Crippen LogP contribution in [0.3, 0.4) is 0 Å². The maximum atomic E-state index is 12.4. The van der Waals surface area contributed by atoms with Crippen molar-refractivity contribution in [2.45, 2.75) is 20.0 Å². The first-order valence-corrected chi connectivity index (χ1v) is 5.07. The Labute approximate surface area is 101 Å². The Morgan fingerprint density at radius 2 is 1.89 bits per heavy atom. The molecule has 2 rings (SSSR count). The fraction of sp³-hybridized carbons (Fsp3) is 0.273. The van der Waals surface area contributed by atoms with E-state index in [4.69, 9.17) is 5.73 Å². The van der Waals surface area contributed by atoms with Crippen molar-refractivity contribution in [3.05, 3.63) is 29.1 Å². The lowest BCUT2D eigenvalue weighted by Gasteiger charge is -2.06. The first kappa shape index (κ1) is 12.4. The van der Waals surface area contributed by atoms with Crippen LogP contribution in [0, 0.1) is 13.8 Å². The molecule has 1 heterocycles. The number of halogens is 3. The van der Waals surface area contributed by atoms with E-state index in [1.807, 2.05) is 6.07 Å². The number of aryl methyl sites for hydroxylation is 2. The summed E-state index contributed by atoms with van der Waals surface area (Å²) in [5.74, 6) is -1.54. The highest BCUT2D eigenvalue weighted by molar-refractivity contribution is 5.74. The number of nitrogen functional groups attached to an aromatic ring is 1. The van der Waals surface area contributed by atoms with Gasteiger partial charge < -0.3 is 10.3 Å².